The van der Waals surface area contributed by atoms with E-state index < -0.39 is 10.0 Å². The molecule has 0 atom stereocenters. The van der Waals surface area contributed by atoms with Gasteiger partial charge in [0.25, 0.3) is 0 Å². The van der Waals surface area contributed by atoms with Gasteiger partial charge in [-0.2, -0.15) is 0 Å². The van der Waals surface area contributed by atoms with E-state index in [4.69, 9.17) is 0 Å². The van der Waals surface area contributed by atoms with Gasteiger partial charge >= 0.3 is 0 Å². The maximum absolute atomic E-state index is 2.50. The van der Waals surface area contributed by atoms with Crippen LogP contribution in [0.2, 0.25) is 0 Å². The van der Waals surface area contributed by atoms with Crippen molar-refractivity contribution in [1.82, 2.24) is 9.13 Å². The number of fused-ring (bicyclic) bond motifs is 6. The number of aromatic nitrogens is 2. The van der Waals surface area contributed by atoms with Gasteiger partial charge in [-0.05, 0) is 90.3 Å². The summed E-state index contributed by atoms with van der Waals surface area (Å²) < 4.78 is 4.70. The second-order valence-corrected chi connectivity index (χ2v) is 14.9. The molecule has 0 radical (unpaired) electrons. The van der Waals surface area contributed by atoms with Crippen LogP contribution < -0.4 is 0 Å². The molecule has 9 aromatic rings. The molecule has 0 saturated carbocycles. The zero-order valence-electron chi connectivity index (χ0n) is 25.8. The van der Waals surface area contributed by atoms with Gasteiger partial charge in [0, 0.05) is 59.5 Å². The molecule has 0 aliphatic carbocycles. The predicted octanol–water partition coefficient (Wildman–Crippen LogP) is 12.1. The molecule has 0 fully saturated rings. The van der Waals surface area contributed by atoms with Crippen LogP contribution in [0, 0.1) is 0 Å². The summed E-state index contributed by atoms with van der Waals surface area (Å²) in [6.07, 6.45) is 4.46. The number of benzene rings is 7. The van der Waals surface area contributed by atoms with Crippen LogP contribution in [0.1, 0.15) is 0 Å². The summed E-state index contributed by atoms with van der Waals surface area (Å²) in [7, 11) is -1.83. The third kappa shape index (κ3) is 4.28. The Morgan fingerprint density at radius 3 is 1.13 bits per heavy atom. The van der Waals surface area contributed by atoms with Gasteiger partial charge in [-0.1, -0.05) is 97.1 Å². The number of rotatable bonds is 6. The molecular weight excluding hydrogens is 589 g/mol. The van der Waals surface area contributed by atoms with Gasteiger partial charge < -0.3 is 9.13 Å². The van der Waals surface area contributed by atoms with E-state index in [-0.39, 0.29) is 0 Å². The highest BCUT2D eigenvalue weighted by molar-refractivity contribution is 8.34. The number of nitrogens with zero attached hydrogens (tertiary/aromatic N) is 2. The minimum Gasteiger partial charge on any atom is -0.316 e. The first kappa shape index (κ1) is 27.5. The SMILES string of the molecule is c1ccc(-n2ccc3c4cc(S(c5ccccc5)(c5ccccc5)c5ccccc5)ccc4c4c(ccn4-c4ccccc4)c32)cc1. The van der Waals surface area contributed by atoms with Crippen LogP contribution in [0.15, 0.2) is 214 Å². The highest BCUT2D eigenvalue weighted by Gasteiger charge is 2.33. The van der Waals surface area contributed by atoms with Gasteiger partial charge in [0.15, 0.2) is 0 Å². The van der Waals surface area contributed by atoms with Gasteiger partial charge in [-0.3, -0.25) is 0 Å². The molecule has 0 bridgehead atoms. The molecule has 0 aliphatic heterocycles. The minimum atomic E-state index is -1.83. The molecule has 0 unspecified atom stereocenters. The van der Waals surface area contributed by atoms with Crippen molar-refractivity contribution in [2.45, 2.75) is 19.6 Å². The quantitative estimate of drug-likeness (QED) is 0.175. The number of hydrogen-bond acceptors (Lipinski definition) is 0. The fourth-order valence-electron chi connectivity index (χ4n) is 7.26. The summed E-state index contributed by atoms with van der Waals surface area (Å²) in [5, 5.41) is 5.01. The van der Waals surface area contributed by atoms with Crippen LogP contribution in [0.3, 0.4) is 0 Å². The molecule has 7 aromatic carbocycles. The Balaban J connectivity index is 1.44. The third-order valence-electron chi connectivity index (χ3n) is 9.28. The van der Waals surface area contributed by atoms with Crippen molar-refractivity contribution in [1.29, 1.82) is 0 Å². The largest absolute Gasteiger partial charge is 0.316 e. The molecule has 0 N–H and O–H groups in total. The molecule has 0 spiro atoms. The summed E-state index contributed by atoms with van der Waals surface area (Å²) in [5.41, 5.74) is 4.76. The van der Waals surface area contributed by atoms with Crippen molar-refractivity contribution in [2.24, 2.45) is 0 Å². The smallest absolute Gasteiger partial charge is 0.0628 e. The molecule has 0 saturated heterocycles. The van der Waals surface area contributed by atoms with E-state index in [9.17, 15) is 0 Å². The lowest BCUT2D eigenvalue weighted by atomic mass is 10.0. The van der Waals surface area contributed by atoms with Crippen molar-refractivity contribution in [3.63, 3.8) is 0 Å². The Kier molecular flexibility index (Phi) is 6.58. The van der Waals surface area contributed by atoms with Crippen LogP contribution in [0.4, 0.5) is 0 Å². The van der Waals surface area contributed by atoms with E-state index in [2.05, 4.69) is 204 Å². The Hall–Kier alpha value is -5.77. The minimum absolute atomic E-state index is 1.16. The lowest BCUT2D eigenvalue weighted by Gasteiger charge is -2.42. The van der Waals surface area contributed by atoms with Gasteiger partial charge in [0.1, 0.15) is 0 Å². The van der Waals surface area contributed by atoms with E-state index in [1.165, 1.54) is 52.2 Å². The van der Waals surface area contributed by atoms with E-state index in [1.54, 1.807) is 0 Å². The molecule has 0 aliphatic rings. The Morgan fingerprint density at radius 2 is 0.681 bits per heavy atom. The zero-order chi connectivity index (χ0) is 31.2. The van der Waals surface area contributed by atoms with Crippen molar-refractivity contribution < 1.29 is 0 Å². The molecule has 224 valence electrons. The van der Waals surface area contributed by atoms with Crippen molar-refractivity contribution in [3.8, 4) is 11.4 Å². The molecular formula is C44H32N2S. The zero-order valence-corrected chi connectivity index (χ0v) is 26.6. The highest BCUT2D eigenvalue weighted by Crippen LogP contribution is 2.73. The monoisotopic (exact) mass is 620 g/mol. The average molecular weight is 621 g/mol. The third-order valence-corrected chi connectivity index (χ3v) is 13.2. The summed E-state index contributed by atoms with van der Waals surface area (Å²) in [6.45, 7) is 0. The predicted molar refractivity (Wildman–Crippen MR) is 198 cm³/mol. The van der Waals surface area contributed by atoms with Crippen LogP contribution in [-0.4, -0.2) is 9.13 Å². The summed E-state index contributed by atoms with van der Waals surface area (Å²) >= 11 is 0. The summed E-state index contributed by atoms with van der Waals surface area (Å²) in [6, 6.07) is 66.5. The first-order valence-electron chi connectivity index (χ1n) is 16.0. The normalized spacial score (nSPS) is 12.2. The van der Waals surface area contributed by atoms with E-state index >= 15 is 0 Å². The molecule has 3 heteroatoms. The summed E-state index contributed by atoms with van der Waals surface area (Å²) in [4.78, 5) is 5.29. The van der Waals surface area contributed by atoms with Gasteiger partial charge in [0.2, 0.25) is 0 Å². The Labute approximate surface area is 276 Å². The fourth-order valence-corrected chi connectivity index (χ4v) is 11.2. The fraction of sp³-hybridized carbons (Fsp3) is 0. The van der Waals surface area contributed by atoms with Gasteiger partial charge in [0.05, 0.1) is 11.0 Å². The van der Waals surface area contributed by atoms with E-state index in [0.717, 1.165) is 11.4 Å². The van der Waals surface area contributed by atoms with Crippen molar-refractivity contribution >= 4 is 42.6 Å². The molecule has 0 amide bonds. The maximum Gasteiger partial charge on any atom is 0.0628 e. The van der Waals surface area contributed by atoms with Crippen molar-refractivity contribution in [3.05, 3.63) is 194 Å². The lowest BCUT2D eigenvalue weighted by molar-refractivity contribution is 1.13. The molecule has 47 heavy (non-hydrogen) atoms. The standard InChI is InChI=1S/C44H32N2S/c1-6-16-33(17-7-1)45-30-28-40-42-32-38(26-27-39(42)43-41(44(40)45)29-31-46(43)34-18-8-2-9-19-34)47(35-20-10-3-11-21-35,36-22-12-4-13-23-36)37-24-14-5-15-25-37/h1-32H. The second-order valence-electron chi connectivity index (χ2n) is 11.8. The van der Waals surface area contributed by atoms with E-state index in [1.807, 2.05) is 0 Å². The topological polar surface area (TPSA) is 9.86 Å². The highest BCUT2D eigenvalue weighted by atomic mass is 32.3. The molecule has 2 nitrogen and oxygen atoms in total. The number of hydrogen-bond donors (Lipinski definition) is 0. The first-order chi connectivity index (χ1) is 23.3. The van der Waals surface area contributed by atoms with Crippen LogP contribution in [0.25, 0.3) is 44.0 Å². The Morgan fingerprint density at radius 1 is 0.298 bits per heavy atom. The molecule has 2 aromatic heterocycles. The Bertz CT molecular complexity index is 2390. The number of para-hydroxylation sites is 2. The second kappa shape index (κ2) is 11.2. The summed E-state index contributed by atoms with van der Waals surface area (Å²) in [5.74, 6) is 0. The maximum atomic E-state index is 2.50. The average Bonchev–Trinajstić information content (AvgIpc) is 3.80. The van der Waals surface area contributed by atoms with Crippen LogP contribution >= 0.6 is 10.0 Å². The first-order valence-corrected chi connectivity index (χ1v) is 17.6. The van der Waals surface area contributed by atoms with E-state index in [0.29, 0.717) is 0 Å². The van der Waals surface area contributed by atoms with Crippen LogP contribution in [-0.2, 0) is 0 Å². The van der Waals surface area contributed by atoms with Gasteiger partial charge in [-0.25, -0.2) is 0 Å². The lowest BCUT2D eigenvalue weighted by Crippen LogP contribution is -2.05. The molecule has 9 rings (SSSR count). The van der Waals surface area contributed by atoms with Gasteiger partial charge in [-0.15, -0.1) is 10.0 Å². The molecule has 2 heterocycles. The van der Waals surface area contributed by atoms with Crippen molar-refractivity contribution in [2.75, 3.05) is 0 Å². The van der Waals surface area contributed by atoms with Crippen LogP contribution in [0.5, 0.6) is 0 Å².